The Labute approximate surface area is 128 Å². The van der Waals surface area contributed by atoms with Gasteiger partial charge in [-0.15, -0.1) is 0 Å². The van der Waals surface area contributed by atoms with E-state index in [1.54, 1.807) is 6.07 Å². The van der Waals surface area contributed by atoms with Gasteiger partial charge < -0.3 is 15.2 Å². The Bertz CT molecular complexity index is 684. The van der Waals surface area contributed by atoms with E-state index < -0.39 is 33.9 Å². The molecule has 22 heavy (non-hydrogen) atoms. The molecule has 1 aromatic rings. The molecule has 1 aliphatic rings. The van der Waals surface area contributed by atoms with Crippen molar-refractivity contribution in [2.24, 2.45) is 0 Å². The molecule has 2 N–H and O–H groups in total. The molecule has 1 aromatic carbocycles. The number of ether oxygens (including phenoxy) is 1. The highest BCUT2D eigenvalue weighted by atomic mass is 32.2. The standard InChI is InChI=1S/C14H17NO6S/c1-9(13(16)15-11-5-6-22(19,20)8-11)21-12-4-2-3-10(7-12)14(17)18/h2-4,7,9,11H,5-6,8H2,1H3,(H,15,16)(H,17,18). The zero-order valence-corrected chi connectivity index (χ0v) is 12.8. The highest BCUT2D eigenvalue weighted by Crippen LogP contribution is 2.16. The van der Waals surface area contributed by atoms with Gasteiger partial charge in [-0.1, -0.05) is 6.07 Å². The number of hydrogen-bond acceptors (Lipinski definition) is 5. The summed E-state index contributed by atoms with van der Waals surface area (Å²) in [5.41, 5.74) is 0.0620. The number of benzene rings is 1. The summed E-state index contributed by atoms with van der Waals surface area (Å²) in [5, 5.41) is 11.5. The number of nitrogens with one attached hydrogen (secondary N) is 1. The van der Waals surface area contributed by atoms with Gasteiger partial charge in [0, 0.05) is 6.04 Å². The summed E-state index contributed by atoms with van der Waals surface area (Å²) in [6.07, 6.45) is -0.456. The predicted molar refractivity (Wildman–Crippen MR) is 78.7 cm³/mol. The molecule has 2 unspecified atom stereocenters. The SMILES string of the molecule is CC(Oc1cccc(C(=O)O)c1)C(=O)NC1CCS(=O)(=O)C1. The maximum atomic E-state index is 12.0. The molecule has 2 atom stereocenters. The van der Waals surface area contributed by atoms with Gasteiger partial charge in [-0.05, 0) is 31.5 Å². The second-order valence-electron chi connectivity index (χ2n) is 5.20. The molecule has 8 heteroatoms. The Kier molecular flexibility index (Phi) is 4.70. The molecule has 1 heterocycles. The van der Waals surface area contributed by atoms with Gasteiger partial charge in [0.1, 0.15) is 5.75 Å². The molecule has 0 spiro atoms. The van der Waals surface area contributed by atoms with E-state index in [9.17, 15) is 18.0 Å². The summed E-state index contributed by atoms with van der Waals surface area (Å²) >= 11 is 0. The molecule has 0 aliphatic carbocycles. The molecule has 0 bridgehead atoms. The van der Waals surface area contributed by atoms with Crippen LogP contribution in [0, 0.1) is 0 Å². The second-order valence-corrected chi connectivity index (χ2v) is 7.43. The molecule has 1 fully saturated rings. The van der Waals surface area contributed by atoms with Crippen molar-refractivity contribution in [2.75, 3.05) is 11.5 Å². The van der Waals surface area contributed by atoms with Crippen LogP contribution in [0.25, 0.3) is 0 Å². The van der Waals surface area contributed by atoms with E-state index in [-0.39, 0.29) is 22.8 Å². The van der Waals surface area contributed by atoms with Crippen molar-refractivity contribution in [2.45, 2.75) is 25.5 Å². The van der Waals surface area contributed by atoms with Gasteiger partial charge >= 0.3 is 5.97 Å². The molecule has 0 saturated carbocycles. The van der Waals surface area contributed by atoms with Crippen LogP contribution >= 0.6 is 0 Å². The Hall–Kier alpha value is -2.09. The zero-order valence-electron chi connectivity index (χ0n) is 12.0. The molecule has 0 radical (unpaired) electrons. The molecule has 1 amide bonds. The summed E-state index contributed by atoms with van der Waals surface area (Å²) in [7, 11) is -3.06. The van der Waals surface area contributed by atoms with Crippen molar-refractivity contribution in [3.63, 3.8) is 0 Å². The third-order valence-electron chi connectivity index (χ3n) is 3.34. The fourth-order valence-corrected chi connectivity index (χ4v) is 3.86. The first-order chi connectivity index (χ1) is 10.3. The predicted octanol–water partition coefficient (Wildman–Crippen LogP) is 0.455. The van der Waals surface area contributed by atoms with E-state index in [1.807, 2.05) is 0 Å². The van der Waals surface area contributed by atoms with Crippen LogP contribution in [0.3, 0.4) is 0 Å². The Morgan fingerprint density at radius 3 is 2.73 bits per heavy atom. The molecule has 0 aromatic heterocycles. The quantitative estimate of drug-likeness (QED) is 0.813. The van der Waals surface area contributed by atoms with Gasteiger partial charge in [-0.3, -0.25) is 4.79 Å². The first kappa shape index (κ1) is 16.3. The monoisotopic (exact) mass is 327 g/mol. The van der Waals surface area contributed by atoms with Crippen molar-refractivity contribution >= 4 is 21.7 Å². The van der Waals surface area contributed by atoms with E-state index in [4.69, 9.17) is 9.84 Å². The number of carboxylic acids is 1. The van der Waals surface area contributed by atoms with Gasteiger partial charge in [0.25, 0.3) is 5.91 Å². The lowest BCUT2D eigenvalue weighted by Crippen LogP contribution is -2.43. The number of carboxylic acid groups (broad SMARTS) is 1. The molecule has 1 aliphatic heterocycles. The van der Waals surface area contributed by atoms with Crippen LogP contribution < -0.4 is 10.1 Å². The Morgan fingerprint density at radius 2 is 2.14 bits per heavy atom. The number of carbonyl (C=O) groups excluding carboxylic acids is 1. The number of rotatable bonds is 5. The maximum absolute atomic E-state index is 12.0. The number of amides is 1. The summed E-state index contributed by atoms with van der Waals surface area (Å²) in [4.78, 5) is 22.9. The number of aromatic carboxylic acids is 1. The lowest BCUT2D eigenvalue weighted by molar-refractivity contribution is -0.127. The minimum absolute atomic E-state index is 0.0556. The lowest BCUT2D eigenvalue weighted by Gasteiger charge is -2.17. The van der Waals surface area contributed by atoms with Gasteiger partial charge in [-0.2, -0.15) is 0 Å². The van der Waals surface area contributed by atoms with Gasteiger partial charge in [0.05, 0.1) is 17.1 Å². The summed E-state index contributed by atoms with van der Waals surface area (Å²) in [5.74, 6) is -1.23. The third kappa shape index (κ3) is 4.20. The molecule has 1 saturated heterocycles. The van der Waals surface area contributed by atoms with E-state index in [1.165, 1.54) is 25.1 Å². The number of hydrogen-bond donors (Lipinski definition) is 2. The van der Waals surface area contributed by atoms with Crippen molar-refractivity contribution in [3.05, 3.63) is 29.8 Å². The fourth-order valence-electron chi connectivity index (χ4n) is 2.19. The first-order valence-corrected chi connectivity index (χ1v) is 8.60. The van der Waals surface area contributed by atoms with Crippen LogP contribution in [0.4, 0.5) is 0 Å². The van der Waals surface area contributed by atoms with Crippen molar-refractivity contribution in [3.8, 4) is 5.75 Å². The van der Waals surface area contributed by atoms with Crippen LogP contribution in [-0.2, 0) is 14.6 Å². The van der Waals surface area contributed by atoms with E-state index in [2.05, 4.69) is 5.32 Å². The van der Waals surface area contributed by atoms with Crippen molar-refractivity contribution in [1.29, 1.82) is 0 Å². The molecule has 2 rings (SSSR count). The first-order valence-electron chi connectivity index (χ1n) is 6.77. The number of carbonyl (C=O) groups is 2. The summed E-state index contributed by atoms with van der Waals surface area (Å²) in [6.45, 7) is 1.52. The molecule has 7 nitrogen and oxygen atoms in total. The molecular weight excluding hydrogens is 310 g/mol. The summed E-state index contributed by atoms with van der Waals surface area (Å²) in [6, 6.07) is 5.42. The van der Waals surface area contributed by atoms with Crippen LogP contribution in [0.2, 0.25) is 0 Å². The minimum Gasteiger partial charge on any atom is -0.481 e. The largest absolute Gasteiger partial charge is 0.481 e. The van der Waals surface area contributed by atoms with E-state index in [0.29, 0.717) is 6.42 Å². The lowest BCUT2D eigenvalue weighted by atomic mass is 10.2. The van der Waals surface area contributed by atoms with Crippen LogP contribution in [0.5, 0.6) is 5.75 Å². The third-order valence-corrected chi connectivity index (χ3v) is 5.11. The number of sulfone groups is 1. The Morgan fingerprint density at radius 1 is 1.41 bits per heavy atom. The molecular formula is C14H17NO6S. The highest BCUT2D eigenvalue weighted by molar-refractivity contribution is 7.91. The van der Waals surface area contributed by atoms with Crippen LogP contribution in [0.15, 0.2) is 24.3 Å². The minimum atomic E-state index is -3.06. The fraction of sp³-hybridized carbons (Fsp3) is 0.429. The topological polar surface area (TPSA) is 110 Å². The van der Waals surface area contributed by atoms with Crippen molar-refractivity contribution < 1.29 is 27.9 Å². The average Bonchev–Trinajstić information content (AvgIpc) is 2.78. The van der Waals surface area contributed by atoms with Gasteiger partial charge in [0.15, 0.2) is 15.9 Å². The van der Waals surface area contributed by atoms with Gasteiger partial charge in [-0.25, -0.2) is 13.2 Å². The van der Waals surface area contributed by atoms with Crippen LogP contribution in [0.1, 0.15) is 23.7 Å². The van der Waals surface area contributed by atoms with Crippen molar-refractivity contribution in [1.82, 2.24) is 5.32 Å². The Balaban J connectivity index is 1.94. The normalized spacial score (nSPS) is 21.0. The second kappa shape index (κ2) is 6.35. The maximum Gasteiger partial charge on any atom is 0.335 e. The van der Waals surface area contributed by atoms with E-state index in [0.717, 1.165) is 0 Å². The van der Waals surface area contributed by atoms with E-state index >= 15 is 0 Å². The smallest absolute Gasteiger partial charge is 0.335 e. The zero-order chi connectivity index (χ0) is 16.3. The van der Waals surface area contributed by atoms with Crippen LogP contribution in [-0.4, -0.2) is 49.1 Å². The highest BCUT2D eigenvalue weighted by Gasteiger charge is 2.30. The molecule has 120 valence electrons. The average molecular weight is 327 g/mol. The van der Waals surface area contributed by atoms with Gasteiger partial charge in [0.2, 0.25) is 0 Å². The summed E-state index contributed by atoms with van der Waals surface area (Å²) < 4.78 is 28.1.